The van der Waals surface area contributed by atoms with Crippen molar-refractivity contribution in [2.24, 2.45) is 0 Å². The van der Waals surface area contributed by atoms with Crippen molar-refractivity contribution in [2.45, 2.75) is 6.92 Å². The van der Waals surface area contributed by atoms with Gasteiger partial charge in [0.05, 0.1) is 23.5 Å². The van der Waals surface area contributed by atoms with Crippen LogP contribution >= 0.6 is 0 Å². The van der Waals surface area contributed by atoms with E-state index in [1.165, 1.54) is 23.5 Å². The predicted molar refractivity (Wildman–Crippen MR) is 130 cm³/mol. The third-order valence-corrected chi connectivity index (χ3v) is 6.11. The second-order valence-corrected chi connectivity index (χ2v) is 8.35. The number of nitrogens with two attached hydrogens (primary N) is 1. The number of benzene rings is 1. The summed E-state index contributed by atoms with van der Waals surface area (Å²) in [6, 6.07) is 9.01. The van der Waals surface area contributed by atoms with Crippen LogP contribution in [0.25, 0.3) is 22.3 Å². The Hall–Kier alpha value is -4.60. The lowest BCUT2D eigenvalue weighted by Gasteiger charge is -2.34. The summed E-state index contributed by atoms with van der Waals surface area (Å²) in [6.07, 6.45) is 6.13. The van der Waals surface area contributed by atoms with E-state index in [9.17, 15) is 14.4 Å². The summed E-state index contributed by atoms with van der Waals surface area (Å²) in [5.74, 6) is -1.04. The number of nitrogens with zero attached hydrogens (tertiary/aromatic N) is 5. The van der Waals surface area contributed by atoms with E-state index >= 15 is 0 Å². The summed E-state index contributed by atoms with van der Waals surface area (Å²) in [7, 11) is 0. The molecule has 10 nitrogen and oxygen atoms in total. The summed E-state index contributed by atoms with van der Waals surface area (Å²) >= 11 is 0. The normalized spacial score (nSPS) is 13.7. The van der Waals surface area contributed by atoms with E-state index in [0.29, 0.717) is 40.9 Å². The molecule has 3 aromatic heterocycles. The van der Waals surface area contributed by atoms with Crippen LogP contribution in [-0.2, 0) is 4.79 Å². The van der Waals surface area contributed by atoms with Gasteiger partial charge in [-0.05, 0) is 24.6 Å². The number of nitrogens with one attached hydrogen (secondary N) is 1. The molecule has 4 heterocycles. The van der Waals surface area contributed by atoms with Crippen molar-refractivity contribution in [3.63, 3.8) is 0 Å². The molecule has 3 N–H and O–H groups in total. The van der Waals surface area contributed by atoms with Crippen molar-refractivity contribution in [3.05, 3.63) is 71.8 Å². The number of carbonyl (C=O) groups is 3. The van der Waals surface area contributed by atoms with Gasteiger partial charge in [-0.3, -0.25) is 24.4 Å². The molecule has 1 aliphatic rings. The highest BCUT2D eigenvalue weighted by atomic mass is 16.2. The first-order valence-corrected chi connectivity index (χ1v) is 11.2. The first kappa shape index (κ1) is 22.2. The number of H-pyrrole nitrogens is 1. The molecule has 1 aromatic carbocycles. The van der Waals surface area contributed by atoms with Crippen LogP contribution in [-0.4, -0.2) is 73.5 Å². The van der Waals surface area contributed by atoms with Gasteiger partial charge < -0.3 is 20.5 Å². The smallest absolute Gasteiger partial charge is 0.295 e. The number of aromatic amines is 1. The topological polar surface area (TPSA) is 138 Å². The van der Waals surface area contributed by atoms with E-state index in [2.05, 4.69) is 19.9 Å². The van der Waals surface area contributed by atoms with Crippen LogP contribution in [0.4, 0.5) is 5.82 Å². The molecule has 1 saturated heterocycles. The fourth-order valence-electron chi connectivity index (χ4n) is 4.31. The van der Waals surface area contributed by atoms with Crippen molar-refractivity contribution in [1.82, 2.24) is 29.7 Å². The minimum atomic E-state index is -0.613. The van der Waals surface area contributed by atoms with Crippen molar-refractivity contribution in [2.75, 3.05) is 31.9 Å². The van der Waals surface area contributed by atoms with Gasteiger partial charge in [-0.15, -0.1) is 0 Å². The molecule has 0 unspecified atom stereocenters. The Kier molecular flexibility index (Phi) is 5.69. The van der Waals surface area contributed by atoms with Crippen LogP contribution in [0.15, 0.2) is 55.1 Å². The number of amides is 2. The standard InChI is InChI=1S/C25H23N7O3/c1-15-11-28-21(18-13-27-14-19(26)30-18)22-20(15)17(12-29-22)23(33)25(35)32-9-7-31(8-10-32)24(34)16-5-3-2-4-6-16/h2-6,11-14,29H,7-10H2,1H3,(H2,26,30). The van der Waals surface area contributed by atoms with Gasteiger partial charge in [0.15, 0.2) is 0 Å². The number of hydrogen-bond donors (Lipinski definition) is 2. The minimum absolute atomic E-state index is 0.0824. The number of hydrogen-bond acceptors (Lipinski definition) is 7. The van der Waals surface area contributed by atoms with E-state index < -0.39 is 11.7 Å². The van der Waals surface area contributed by atoms with Crippen molar-refractivity contribution < 1.29 is 14.4 Å². The van der Waals surface area contributed by atoms with E-state index in [-0.39, 0.29) is 30.4 Å². The Labute approximate surface area is 200 Å². The molecule has 0 atom stereocenters. The summed E-state index contributed by atoms with van der Waals surface area (Å²) in [5.41, 5.74) is 8.92. The lowest BCUT2D eigenvalue weighted by molar-refractivity contribution is -0.127. The van der Waals surface area contributed by atoms with E-state index in [1.54, 1.807) is 23.2 Å². The van der Waals surface area contributed by atoms with Gasteiger partial charge in [-0.1, -0.05) is 18.2 Å². The average molecular weight is 470 g/mol. The molecule has 35 heavy (non-hydrogen) atoms. The molecule has 176 valence electrons. The highest BCUT2D eigenvalue weighted by Crippen LogP contribution is 2.30. The van der Waals surface area contributed by atoms with Crippen LogP contribution in [0, 0.1) is 6.92 Å². The van der Waals surface area contributed by atoms with Crippen molar-refractivity contribution in [1.29, 1.82) is 0 Å². The number of Topliss-reactive ketones (excluding diaryl/α,β-unsaturated/α-hetero) is 1. The second-order valence-electron chi connectivity index (χ2n) is 8.35. The van der Waals surface area contributed by atoms with E-state index in [4.69, 9.17) is 5.73 Å². The first-order chi connectivity index (χ1) is 16.9. The molecule has 2 amide bonds. The Balaban J connectivity index is 1.36. The highest BCUT2D eigenvalue weighted by Gasteiger charge is 2.31. The number of aromatic nitrogens is 4. The fourth-order valence-corrected chi connectivity index (χ4v) is 4.31. The Morgan fingerprint density at radius 2 is 1.69 bits per heavy atom. The molecular formula is C25H23N7O3. The van der Waals surface area contributed by atoms with Gasteiger partial charge in [-0.2, -0.15) is 0 Å². The minimum Gasteiger partial charge on any atom is -0.382 e. The molecule has 0 radical (unpaired) electrons. The molecule has 10 heteroatoms. The molecule has 4 aromatic rings. The monoisotopic (exact) mass is 469 g/mol. The average Bonchev–Trinajstić information content (AvgIpc) is 3.34. The third kappa shape index (κ3) is 4.10. The number of ketones is 1. The van der Waals surface area contributed by atoms with Crippen LogP contribution in [0.3, 0.4) is 0 Å². The zero-order valence-electron chi connectivity index (χ0n) is 19.1. The second kappa shape index (κ2) is 8.98. The van der Waals surface area contributed by atoms with Gasteiger partial charge in [0.2, 0.25) is 0 Å². The fraction of sp³-hybridized carbons (Fsp3) is 0.200. The molecule has 1 fully saturated rings. The summed E-state index contributed by atoms with van der Waals surface area (Å²) in [5, 5.41) is 0.607. The zero-order valence-corrected chi connectivity index (χ0v) is 19.1. The maximum absolute atomic E-state index is 13.2. The number of piperazine rings is 1. The Bertz CT molecular complexity index is 1440. The number of pyridine rings is 1. The van der Waals surface area contributed by atoms with Crippen LogP contribution < -0.4 is 5.73 Å². The number of fused-ring (bicyclic) bond motifs is 1. The molecule has 0 aliphatic carbocycles. The van der Waals surface area contributed by atoms with Crippen LogP contribution in [0.5, 0.6) is 0 Å². The SMILES string of the molecule is Cc1cnc(-c2cncc(N)n2)c2[nH]cc(C(=O)C(=O)N3CCN(C(=O)c4ccccc4)CC3)c12. The van der Waals surface area contributed by atoms with Crippen molar-refractivity contribution >= 4 is 34.3 Å². The molecule has 0 saturated carbocycles. The summed E-state index contributed by atoms with van der Waals surface area (Å²) in [6.45, 7) is 3.13. The van der Waals surface area contributed by atoms with Crippen molar-refractivity contribution in [3.8, 4) is 11.4 Å². The quantitative estimate of drug-likeness (QED) is 0.345. The largest absolute Gasteiger partial charge is 0.382 e. The molecular weight excluding hydrogens is 446 g/mol. The van der Waals surface area contributed by atoms with Gasteiger partial charge in [0.1, 0.15) is 17.2 Å². The molecule has 0 spiro atoms. The molecule has 0 bridgehead atoms. The van der Waals surface area contributed by atoms with Gasteiger partial charge in [0.25, 0.3) is 17.6 Å². The number of carbonyl (C=O) groups excluding carboxylic acids is 3. The third-order valence-electron chi connectivity index (χ3n) is 6.11. The Morgan fingerprint density at radius 1 is 0.971 bits per heavy atom. The Morgan fingerprint density at radius 3 is 2.40 bits per heavy atom. The molecule has 1 aliphatic heterocycles. The van der Waals surface area contributed by atoms with Gasteiger partial charge in [0, 0.05) is 49.5 Å². The number of aryl methyl sites for hydroxylation is 1. The first-order valence-electron chi connectivity index (χ1n) is 11.2. The van der Waals surface area contributed by atoms with E-state index in [0.717, 1.165) is 5.56 Å². The summed E-state index contributed by atoms with van der Waals surface area (Å²) in [4.78, 5) is 58.1. The maximum atomic E-state index is 13.2. The van der Waals surface area contributed by atoms with Gasteiger partial charge in [-0.25, -0.2) is 4.98 Å². The number of nitrogen functional groups attached to an aromatic ring is 1. The number of anilines is 1. The zero-order chi connectivity index (χ0) is 24.5. The number of rotatable bonds is 4. The maximum Gasteiger partial charge on any atom is 0.295 e. The summed E-state index contributed by atoms with van der Waals surface area (Å²) < 4.78 is 0. The highest BCUT2D eigenvalue weighted by molar-refractivity contribution is 6.45. The lowest BCUT2D eigenvalue weighted by Crippen LogP contribution is -2.52. The lowest BCUT2D eigenvalue weighted by atomic mass is 10.0. The predicted octanol–water partition coefficient (Wildman–Crippen LogP) is 2.08. The van der Waals surface area contributed by atoms with Gasteiger partial charge >= 0.3 is 0 Å². The molecule has 5 rings (SSSR count). The van der Waals surface area contributed by atoms with Crippen LogP contribution in [0.1, 0.15) is 26.3 Å². The van der Waals surface area contributed by atoms with E-state index in [1.807, 2.05) is 25.1 Å². The van der Waals surface area contributed by atoms with Crippen LogP contribution in [0.2, 0.25) is 0 Å².